The fourth-order valence-corrected chi connectivity index (χ4v) is 2.41. The number of hydrogen-bond donors (Lipinski definition) is 0. The first kappa shape index (κ1) is 12.5. The highest BCUT2D eigenvalue weighted by atomic mass is 32.2. The first-order valence-electron chi connectivity index (χ1n) is 5.68. The molecule has 0 aromatic heterocycles. The minimum Gasteiger partial charge on any atom is -0.293 e. The molecule has 1 aliphatic rings. The van der Waals surface area contributed by atoms with Gasteiger partial charge in [-0.1, -0.05) is 38.7 Å². The average Bonchev–Trinajstić information content (AvgIpc) is 2.51. The Morgan fingerprint density at radius 3 is 2.53 bits per heavy atom. The zero-order chi connectivity index (χ0) is 11.1. The van der Waals surface area contributed by atoms with Gasteiger partial charge in [-0.25, -0.2) is 0 Å². The summed E-state index contributed by atoms with van der Waals surface area (Å²) >= 11 is 1.11. The van der Waals surface area contributed by atoms with E-state index in [0.717, 1.165) is 24.6 Å². The van der Waals surface area contributed by atoms with Crippen molar-refractivity contribution in [2.45, 2.75) is 51.9 Å². The predicted octanol–water partition coefficient (Wildman–Crippen LogP) is 3.46. The van der Waals surface area contributed by atoms with Gasteiger partial charge in [0.25, 0.3) is 0 Å². The molecule has 0 aliphatic carbocycles. The molecule has 0 amide bonds. The lowest BCUT2D eigenvalue weighted by Gasteiger charge is -1.97. The van der Waals surface area contributed by atoms with Crippen LogP contribution in [0.1, 0.15) is 51.9 Å². The average molecular weight is 226 g/mol. The Kier molecular flexibility index (Phi) is 5.69. The number of hydrogen-bond acceptors (Lipinski definition) is 3. The van der Waals surface area contributed by atoms with E-state index in [1.807, 2.05) is 6.08 Å². The molecule has 0 N–H and O–H groups in total. The van der Waals surface area contributed by atoms with Crippen LogP contribution in [0.5, 0.6) is 0 Å². The molecule has 0 radical (unpaired) electrons. The number of thioether (sulfide) groups is 1. The van der Waals surface area contributed by atoms with Crippen LogP contribution in [-0.2, 0) is 9.59 Å². The van der Waals surface area contributed by atoms with Crippen molar-refractivity contribution in [2.24, 2.45) is 0 Å². The largest absolute Gasteiger partial charge is 0.293 e. The molecule has 84 valence electrons. The standard InChI is InChI=1S/C12H18O2S/c1-2-3-4-5-6-7-8-11-10(13)9-12(14)15-11/h8H,2-7,9H2,1H3/b11-8-. The van der Waals surface area contributed by atoms with E-state index >= 15 is 0 Å². The summed E-state index contributed by atoms with van der Waals surface area (Å²) in [6, 6.07) is 0. The highest BCUT2D eigenvalue weighted by Gasteiger charge is 2.25. The fraction of sp³-hybridized carbons (Fsp3) is 0.667. The quantitative estimate of drug-likeness (QED) is 0.395. The Balaban J connectivity index is 2.15. The van der Waals surface area contributed by atoms with Gasteiger partial charge in [0.05, 0.1) is 11.3 Å². The predicted molar refractivity (Wildman–Crippen MR) is 63.7 cm³/mol. The first-order valence-corrected chi connectivity index (χ1v) is 6.49. The Labute approximate surface area is 95.5 Å². The Morgan fingerprint density at radius 2 is 1.93 bits per heavy atom. The maximum Gasteiger partial charge on any atom is 0.201 e. The first-order chi connectivity index (χ1) is 7.24. The second-order valence-corrected chi connectivity index (χ2v) is 4.94. The highest BCUT2D eigenvalue weighted by Crippen LogP contribution is 2.29. The minimum absolute atomic E-state index is 0.00256. The van der Waals surface area contributed by atoms with Gasteiger partial charge in [0, 0.05) is 0 Å². The van der Waals surface area contributed by atoms with E-state index in [9.17, 15) is 9.59 Å². The molecule has 15 heavy (non-hydrogen) atoms. The smallest absolute Gasteiger partial charge is 0.201 e. The minimum atomic E-state index is -0.00256. The number of unbranched alkanes of at least 4 members (excludes halogenated alkanes) is 5. The number of carbonyl (C=O) groups excluding carboxylic acids is 2. The molecular formula is C12H18O2S. The molecule has 1 aliphatic heterocycles. The molecule has 0 saturated carbocycles. The molecule has 0 unspecified atom stereocenters. The van der Waals surface area contributed by atoms with Gasteiger partial charge in [-0.05, 0) is 24.6 Å². The summed E-state index contributed by atoms with van der Waals surface area (Å²) in [6.45, 7) is 2.20. The summed E-state index contributed by atoms with van der Waals surface area (Å²) in [5.41, 5.74) is 0. The van der Waals surface area contributed by atoms with E-state index in [2.05, 4.69) is 6.92 Å². The van der Waals surface area contributed by atoms with Crippen molar-refractivity contribution in [2.75, 3.05) is 0 Å². The fourth-order valence-electron chi connectivity index (χ4n) is 1.57. The van der Waals surface area contributed by atoms with Crippen molar-refractivity contribution in [1.82, 2.24) is 0 Å². The zero-order valence-corrected chi connectivity index (χ0v) is 10.1. The normalized spacial score (nSPS) is 19.1. The van der Waals surface area contributed by atoms with Crippen LogP contribution in [0.3, 0.4) is 0 Å². The topological polar surface area (TPSA) is 34.1 Å². The van der Waals surface area contributed by atoms with E-state index in [1.165, 1.54) is 25.7 Å². The van der Waals surface area contributed by atoms with Crippen LogP contribution in [0.4, 0.5) is 0 Å². The Hall–Kier alpha value is -0.570. The summed E-state index contributed by atoms with van der Waals surface area (Å²) in [5, 5.41) is -0.00256. The van der Waals surface area contributed by atoms with E-state index in [4.69, 9.17) is 0 Å². The second-order valence-electron chi connectivity index (χ2n) is 3.85. The third-order valence-corrected chi connectivity index (χ3v) is 3.43. The van der Waals surface area contributed by atoms with Gasteiger partial charge in [0.15, 0.2) is 5.78 Å². The van der Waals surface area contributed by atoms with Crippen molar-refractivity contribution in [3.05, 3.63) is 11.0 Å². The van der Waals surface area contributed by atoms with E-state index in [0.29, 0.717) is 4.91 Å². The third-order valence-electron chi connectivity index (χ3n) is 2.44. The summed E-state index contributed by atoms with van der Waals surface area (Å²) in [6.07, 6.45) is 9.16. The maximum absolute atomic E-state index is 11.2. The van der Waals surface area contributed by atoms with Gasteiger partial charge in [0.2, 0.25) is 5.12 Å². The molecule has 1 heterocycles. The SMILES string of the molecule is CCCCCCC/C=C1\SC(=O)CC1=O. The maximum atomic E-state index is 11.2. The van der Waals surface area contributed by atoms with Gasteiger partial charge >= 0.3 is 0 Å². The molecule has 0 bridgehead atoms. The van der Waals surface area contributed by atoms with Crippen LogP contribution in [0, 0.1) is 0 Å². The molecule has 0 aromatic rings. The molecule has 2 nitrogen and oxygen atoms in total. The number of allylic oxidation sites excluding steroid dienone is 2. The number of carbonyl (C=O) groups is 2. The summed E-state index contributed by atoms with van der Waals surface area (Å²) in [4.78, 5) is 22.9. The van der Waals surface area contributed by atoms with E-state index in [1.54, 1.807) is 0 Å². The Morgan fingerprint density at radius 1 is 1.20 bits per heavy atom. The molecule has 3 heteroatoms. The van der Waals surface area contributed by atoms with E-state index in [-0.39, 0.29) is 17.3 Å². The molecule has 1 saturated heterocycles. The third kappa shape index (κ3) is 4.65. The van der Waals surface area contributed by atoms with Gasteiger partial charge in [0.1, 0.15) is 0 Å². The van der Waals surface area contributed by atoms with Crippen molar-refractivity contribution >= 4 is 22.7 Å². The van der Waals surface area contributed by atoms with Gasteiger partial charge in [-0.15, -0.1) is 0 Å². The second kappa shape index (κ2) is 6.83. The highest BCUT2D eigenvalue weighted by molar-refractivity contribution is 8.18. The van der Waals surface area contributed by atoms with Crippen LogP contribution >= 0.6 is 11.8 Å². The van der Waals surface area contributed by atoms with Crippen molar-refractivity contribution in [3.8, 4) is 0 Å². The summed E-state index contributed by atoms with van der Waals surface area (Å²) < 4.78 is 0. The molecule has 0 spiro atoms. The number of ketones is 1. The van der Waals surface area contributed by atoms with Crippen LogP contribution < -0.4 is 0 Å². The lowest BCUT2D eigenvalue weighted by atomic mass is 10.1. The lowest BCUT2D eigenvalue weighted by Crippen LogP contribution is -1.91. The number of Topliss-reactive ketones (excluding diaryl/α,β-unsaturated/α-hetero) is 1. The van der Waals surface area contributed by atoms with Crippen molar-refractivity contribution in [1.29, 1.82) is 0 Å². The van der Waals surface area contributed by atoms with Crippen LogP contribution in [0.2, 0.25) is 0 Å². The zero-order valence-electron chi connectivity index (χ0n) is 9.25. The van der Waals surface area contributed by atoms with E-state index < -0.39 is 0 Å². The molecule has 1 rings (SSSR count). The van der Waals surface area contributed by atoms with Crippen LogP contribution in [0.25, 0.3) is 0 Å². The Bertz CT molecular complexity index is 269. The van der Waals surface area contributed by atoms with Crippen LogP contribution in [-0.4, -0.2) is 10.9 Å². The monoisotopic (exact) mass is 226 g/mol. The number of rotatable bonds is 6. The van der Waals surface area contributed by atoms with Gasteiger partial charge in [-0.3, -0.25) is 9.59 Å². The summed E-state index contributed by atoms with van der Waals surface area (Å²) in [5.74, 6) is 0.0126. The van der Waals surface area contributed by atoms with Crippen molar-refractivity contribution in [3.63, 3.8) is 0 Å². The molecule has 0 atom stereocenters. The van der Waals surface area contributed by atoms with Gasteiger partial charge in [-0.2, -0.15) is 0 Å². The summed E-state index contributed by atoms with van der Waals surface area (Å²) in [7, 11) is 0. The molecule has 0 aromatic carbocycles. The van der Waals surface area contributed by atoms with Crippen molar-refractivity contribution < 1.29 is 9.59 Å². The van der Waals surface area contributed by atoms with Gasteiger partial charge < -0.3 is 0 Å². The molecular weight excluding hydrogens is 208 g/mol. The van der Waals surface area contributed by atoms with Crippen LogP contribution in [0.15, 0.2) is 11.0 Å². The molecule has 1 fully saturated rings. The lowest BCUT2D eigenvalue weighted by molar-refractivity contribution is -0.119.